The molecule has 1 aromatic heterocycles. The van der Waals surface area contributed by atoms with Crippen LogP contribution in [0.3, 0.4) is 0 Å². The van der Waals surface area contributed by atoms with E-state index in [0.717, 1.165) is 24.0 Å². The standard InChI is InChI=1S/C31H51N3O2Si/c1-10-11-12-13-14-15-16-23-17-26-28-24(20-32-26)19-25(21-36-37(8,9)31(4,5)6)33-30(35)29(22(2)3)34(7)27(28)18-23/h15-18,20,22,25,29,32H,10-14,19,21H2,1-9H3,(H,33,35)/b16-15+/t25-,29-/m0/s1. The molecule has 5 nitrogen and oxygen atoms in total. The van der Waals surface area contributed by atoms with Gasteiger partial charge < -0.3 is 19.6 Å². The molecule has 37 heavy (non-hydrogen) atoms. The van der Waals surface area contributed by atoms with Crippen molar-refractivity contribution >= 4 is 36.9 Å². The minimum Gasteiger partial charge on any atom is -0.415 e. The van der Waals surface area contributed by atoms with E-state index in [2.05, 4.69) is 107 Å². The Hall–Kier alpha value is -2.05. The van der Waals surface area contributed by atoms with Gasteiger partial charge in [-0.05, 0) is 66.6 Å². The third-order valence-corrected chi connectivity index (χ3v) is 12.9. The fraction of sp³-hybridized carbons (Fsp3) is 0.645. The highest BCUT2D eigenvalue weighted by atomic mass is 28.4. The summed E-state index contributed by atoms with van der Waals surface area (Å²) in [5.74, 6) is 0.251. The zero-order valence-electron chi connectivity index (χ0n) is 24.8. The maximum Gasteiger partial charge on any atom is 0.243 e. The van der Waals surface area contributed by atoms with Crippen LogP contribution >= 0.6 is 0 Å². The first-order valence-corrected chi connectivity index (χ1v) is 17.2. The minimum atomic E-state index is -1.93. The topological polar surface area (TPSA) is 57.4 Å². The number of hydrogen-bond acceptors (Lipinski definition) is 3. The van der Waals surface area contributed by atoms with Crippen LogP contribution < -0.4 is 10.2 Å². The highest BCUT2D eigenvalue weighted by Crippen LogP contribution is 2.38. The van der Waals surface area contributed by atoms with E-state index in [1.807, 2.05) is 0 Å². The number of likely N-dealkylation sites (N-methyl/N-ethyl adjacent to an activating group) is 1. The van der Waals surface area contributed by atoms with E-state index >= 15 is 0 Å². The van der Waals surface area contributed by atoms with Crippen molar-refractivity contribution in [1.82, 2.24) is 10.3 Å². The van der Waals surface area contributed by atoms with Gasteiger partial charge in [0, 0.05) is 29.8 Å². The number of aromatic nitrogens is 1. The first-order chi connectivity index (χ1) is 17.4. The first kappa shape index (κ1) is 29.5. The number of nitrogens with one attached hydrogen (secondary N) is 2. The number of allylic oxidation sites excluding steroid dienone is 1. The van der Waals surface area contributed by atoms with Crippen LogP contribution in [0, 0.1) is 5.92 Å². The number of carbonyl (C=O) groups is 1. The number of anilines is 1. The Labute approximate surface area is 226 Å². The van der Waals surface area contributed by atoms with Crippen molar-refractivity contribution in [2.24, 2.45) is 5.92 Å². The van der Waals surface area contributed by atoms with Gasteiger partial charge in [-0.2, -0.15) is 0 Å². The lowest BCUT2D eigenvalue weighted by Crippen LogP contribution is -2.53. The highest BCUT2D eigenvalue weighted by molar-refractivity contribution is 6.74. The predicted octanol–water partition coefficient (Wildman–Crippen LogP) is 7.68. The highest BCUT2D eigenvalue weighted by Gasteiger charge is 2.38. The Balaban J connectivity index is 1.96. The van der Waals surface area contributed by atoms with E-state index < -0.39 is 8.32 Å². The van der Waals surface area contributed by atoms with Gasteiger partial charge in [-0.25, -0.2) is 0 Å². The summed E-state index contributed by atoms with van der Waals surface area (Å²) in [5.41, 5.74) is 4.67. The molecule has 1 aliphatic heterocycles. The van der Waals surface area contributed by atoms with Gasteiger partial charge in [-0.1, -0.05) is 73.0 Å². The van der Waals surface area contributed by atoms with Crippen LogP contribution in [0.5, 0.6) is 0 Å². The van der Waals surface area contributed by atoms with Crippen molar-refractivity contribution in [3.05, 3.63) is 35.5 Å². The lowest BCUT2D eigenvalue weighted by molar-refractivity contribution is -0.124. The van der Waals surface area contributed by atoms with Gasteiger partial charge in [-0.3, -0.25) is 4.79 Å². The molecule has 1 amide bonds. The van der Waals surface area contributed by atoms with E-state index in [4.69, 9.17) is 4.43 Å². The average molecular weight is 526 g/mol. The van der Waals surface area contributed by atoms with Crippen molar-refractivity contribution in [3.8, 4) is 0 Å². The van der Waals surface area contributed by atoms with Gasteiger partial charge in [0.05, 0.1) is 12.6 Å². The smallest absolute Gasteiger partial charge is 0.243 e. The summed E-state index contributed by atoms with van der Waals surface area (Å²) in [6.45, 7) is 18.4. The van der Waals surface area contributed by atoms with Crippen LogP contribution in [0.25, 0.3) is 17.0 Å². The summed E-state index contributed by atoms with van der Waals surface area (Å²) >= 11 is 0. The summed E-state index contributed by atoms with van der Waals surface area (Å²) in [6.07, 6.45) is 13.6. The van der Waals surface area contributed by atoms with E-state index in [0.29, 0.717) is 6.61 Å². The quantitative estimate of drug-likeness (QED) is 0.247. The molecule has 0 unspecified atom stereocenters. The zero-order chi connectivity index (χ0) is 27.4. The molecule has 0 saturated heterocycles. The summed E-state index contributed by atoms with van der Waals surface area (Å²) in [5, 5.41) is 4.73. The molecule has 2 atom stereocenters. The van der Waals surface area contributed by atoms with E-state index in [1.54, 1.807) is 0 Å². The van der Waals surface area contributed by atoms with Gasteiger partial charge in [0.15, 0.2) is 8.32 Å². The van der Waals surface area contributed by atoms with Gasteiger partial charge in [0.1, 0.15) is 6.04 Å². The number of benzene rings is 1. The number of carbonyl (C=O) groups excluding carboxylic acids is 1. The fourth-order valence-electron chi connectivity index (χ4n) is 5.09. The van der Waals surface area contributed by atoms with Crippen molar-refractivity contribution in [2.45, 2.75) is 110 Å². The molecular weight excluding hydrogens is 474 g/mol. The second kappa shape index (κ2) is 12.2. The van der Waals surface area contributed by atoms with Crippen LogP contribution in [-0.4, -0.2) is 44.9 Å². The predicted molar refractivity (Wildman–Crippen MR) is 162 cm³/mol. The van der Waals surface area contributed by atoms with Gasteiger partial charge in [0.25, 0.3) is 0 Å². The summed E-state index contributed by atoms with van der Waals surface area (Å²) < 4.78 is 6.59. The van der Waals surface area contributed by atoms with Crippen molar-refractivity contribution in [1.29, 1.82) is 0 Å². The van der Waals surface area contributed by atoms with Crippen LogP contribution in [-0.2, 0) is 15.6 Å². The Bertz CT molecular complexity index is 1080. The average Bonchev–Trinajstić information content (AvgIpc) is 3.21. The third-order valence-electron chi connectivity index (χ3n) is 8.36. The molecule has 0 saturated carbocycles. The SMILES string of the molecule is CCCCCC/C=C/c1cc2c3c(c[nH]c3c1)C[C@@H](CO[Si](C)(C)C(C)(C)C)NC(=O)[C@H](C(C)C)N2C. The molecule has 0 spiro atoms. The Kier molecular flexibility index (Phi) is 9.73. The van der Waals surface area contributed by atoms with Gasteiger partial charge in [0.2, 0.25) is 5.91 Å². The molecule has 2 heterocycles. The number of nitrogens with zero attached hydrogens (tertiary/aromatic N) is 1. The molecule has 1 aromatic carbocycles. The first-order valence-electron chi connectivity index (χ1n) is 14.3. The van der Waals surface area contributed by atoms with Crippen LogP contribution in [0.15, 0.2) is 24.4 Å². The normalized spacial score (nSPS) is 19.4. The molecule has 2 aromatic rings. The lowest BCUT2D eigenvalue weighted by Gasteiger charge is -2.37. The van der Waals surface area contributed by atoms with Crippen molar-refractivity contribution < 1.29 is 9.22 Å². The number of hydrogen-bond donors (Lipinski definition) is 2. The van der Waals surface area contributed by atoms with Crippen molar-refractivity contribution in [3.63, 3.8) is 0 Å². The number of aromatic amines is 1. The molecule has 2 N–H and O–H groups in total. The summed E-state index contributed by atoms with van der Waals surface area (Å²) in [7, 11) is 0.138. The minimum absolute atomic E-state index is 0.0658. The zero-order valence-corrected chi connectivity index (χ0v) is 25.8. The van der Waals surface area contributed by atoms with Crippen LogP contribution in [0.1, 0.15) is 84.8 Å². The summed E-state index contributed by atoms with van der Waals surface area (Å²) in [4.78, 5) is 19.4. The largest absolute Gasteiger partial charge is 0.415 e. The van der Waals surface area contributed by atoms with Crippen LogP contribution in [0.2, 0.25) is 18.1 Å². The summed E-state index contributed by atoms with van der Waals surface area (Å²) in [6, 6.07) is 4.19. The lowest BCUT2D eigenvalue weighted by atomic mass is 9.99. The Morgan fingerprint density at radius 3 is 2.57 bits per heavy atom. The van der Waals surface area contributed by atoms with Crippen LogP contribution in [0.4, 0.5) is 5.69 Å². The molecule has 206 valence electrons. The molecule has 3 rings (SSSR count). The molecule has 0 radical (unpaired) electrons. The maximum atomic E-state index is 13.7. The number of amides is 1. The molecular formula is C31H51N3O2Si. The van der Waals surface area contributed by atoms with Crippen molar-refractivity contribution in [2.75, 3.05) is 18.6 Å². The van der Waals surface area contributed by atoms with E-state index in [1.165, 1.54) is 42.2 Å². The van der Waals surface area contributed by atoms with E-state index in [9.17, 15) is 4.79 Å². The molecule has 6 heteroatoms. The number of unbranched alkanes of at least 4 members (excludes halogenated alkanes) is 4. The number of rotatable bonds is 10. The Morgan fingerprint density at radius 2 is 1.92 bits per heavy atom. The third kappa shape index (κ3) is 7.08. The van der Waals surface area contributed by atoms with Gasteiger partial charge >= 0.3 is 0 Å². The second-order valence-corrected chi connectivity index (χ2v) is 17.6. The fourth-order valence-corrected chi connectivity index (χ4v) is 6.14. The molecule has 0 fully saturated rings. The van der Waals surface area contributed by atoms with Gasteiger partial charge in [-0.15, -0.1) is 0 Å². The van der Waals surface area contributed by atoms with E-state index in [-0.39, 0.29) is 28.9 Å². The molecule has 0 bridgehead atoms. The second-order valence-electron chi connectivity index (χ2n) is 12.8. The monoisotopic (exact) mass is 525 g/mol. The molecule has 0 aliphatic carbocycles. The Morgan fingerprint density at radius 1 is 1.19 bits per heavy atom. The maximum absolute atomic E-state index is 13.7. The molecule has 1 aliphatic rings. The number of H-pyrrole nitrogens is 1.